The molecule has 11 nitrogen and oxygen atoms in total. The summed E-state index contributed by atoms with van der Waals surface area (Å²) < 4.78 is 47.0. The molecule has 1 atom stereocenters. The van der Waals surface area contributed by atoms with Crippen LogP contribution in [0.5, 0.6) is 0 Å². The van der Waals surface area contributed by atoms with Crippen molar-refractivity contribution in [1.29, 1.82) is 0 Å². The highest BCUT2D eigenvalue weighted by Crippen LogP contribution is 2.31. The van der Waals surface area contributed by atoms with Crippen molar-refractivity contribution in [3.05, 3.63) is 81.9 Å². The number of hydrogen-bond acceptors (Lipinski definition) is 9. The van der Waals surface area contributed by atoms with E-state index in [0.717, 1.165) is 41.5 Å². The van der Waals surface area contributed by atoms with Crippen LogP contribution < -0.4 is 5.01 Å². The van der Waals surface area contributed by atoms with E-state index >= 15 is 0 Å². The van der Waals surface area contributed by atoms with Gasteiger partial charge in [0.15, 0.2) is 5.76 Å². The molecule has 0 saturated carbocycles. The Morgan fingerprint density at radius 1 is 1.26 bits per heavy atom. The predicted octanol–water partition coefficient (Wildman–Crippen LogP) is 5.04. The molecule has 1 amide bonds. The number of carbonyl (C=O) groups is 1. The summed E-state index contributed by atoms with van der Waals surface area (Å²) in [6.07, 6.45) is 2.88. The van der Waals surface area contributed by atoms with Gasteiger partial charge in [-0.1, -0.05) is 18.3 Å². The Hall–Kier alpha value is -4.01. The topological polar surface area (TPSA) is 139 Å². The molecule has 0 radical (unpaired) electrons. The van der Waals surface area contributed by atoms with Crippen molar-refractivity contribution in [1.82, 2.24) is 9.29 Å². The van der Waals surface area contributed by atoms with Crippen LogP contribution in [-0.4, -0.2) is 47.8 Å². The molecule has 1 unspecified atom stereocenters. The van der Waals surface area contributed by atoms with Gasteiger partial charge in [-0.15, -0.1) is 0 Å². The number of thiazole rings is 1. The Morgan fingerprint density at radius 2 is 2.03 bits per heavy atom. The summed E-state index contributed by atoms with van der Waals surface area (Å²) in [6, 6.07) is 12.0. The molecule has 2 aromatic heterocycles. The fourth-order valence-corrected chi connectivity index (χ4v) is 6.74. The van der Waals surface area contributed by atoms with Crippen molar-refractivity contribution in [3.8, 4) is 0 Å². The number of benzene rings is 2. The van der Waals surface area contributed by atoms with Gasteiger partial charge in [-0.05, 0) is 67.3 Å². The third-order valence-electron chi connectivity index (χ3n) is 6.16. The molecule has 202 valence electrons. The van der Waals surface area contributed by atoms with Gasteiger partial charge in [0.1, 0.15) is 10.7 Å². The molecular weight excluding hydrogens is 549 g/mol. The highest BCUT2D eigenvalue weighted by atomic mass is 32.2. The average Bonchev–Trinajstić information content (AvgIpc) is 3.56. The lowest BCUT2D eigenvalue weighted by atomic mass is 10.0. The number of hydrazone groups is 1. The van der Waals surface area contributed by atoms with Crippen molar-refractivity contribution >= 4 is 54.7 Å². The second-order valence-electron chi connectivity index (χ2n) is 9.04. The number of piperidine rings is 1. The lowest BCUT2D eigenvalue weighted by molar-refractivity contribution is -0.402. The normalized spacial score (nSPS) is 16.6. The van der Waals surface area contributed by atoms with E-state index in [-0.39, 0.29) is 27.3 Å². The largest absolute Gasteiger partial charge is 0.433 e. The second kappa shape index (κ2) is 10.6. The van der Waals surface area contributed by atoms with Crippen LogP contribution in [0.1, 0.15) is 35.9 Å². The molecule has 14 heteroatoms. The summed E-state index contributed by atoms with van der Waals surface area (Å²) >= 11 is 1.01. The van der Waals surface area contributed by atoms with Crippen molar-refractivity contribution in [3.63, 3.8) is 0 Å². The van der Waals surface area contributed by atoms with E-state index in [9.17, 15) is 27.7 Å². The molecule has 0 spiro atoms. The molecular formula is C25H22FN5O6S2. The number of hydrogen-bond donors (Lipinski definition) is 0. The average molecular weight is 572 g/mol. The Labute approximate surface area is 226 Å². The fourth-order valence-electron chi connectivity index (χ4n) is 4.20. The molecule has 3 heterocycles. The Morgan fingerprint density at radius 3 is 2.72 bits per heavy atom. The SMILES string of the molecule is CC1CCCN(S(=O)(=O)c2ccc(C(=O)N(/N=C/c3ccc([N+](=O)[O-])o3)c3nc4ccc(F)cc4s3)cc2)C1. The molecule has 0 N–H and O–H groups in total. The smallest absolute Gasteiger partial charge is 0.400 e. The molecule has 39 heavy (non-hydrogen) atoms. The Balaban J connectivity index is 1.47. The molecule has 0 aliphatic carbocycles. The quantitative estimate of drug-likeness (QED) is 0.172. The standard InChI is InChI=1S/C25H22FN5O6S2/c1-16-3-2-12-29(15-16)39(35,36)20-8-4-17(5-9-20)24(32)30(27-14-19-7-11-23(37-19)31(33)34)25-28-21-10-6-18(26)13-22(21)38-25/h4-11,13-14,16H,2-3,12,15H2,1H3/b27-14+. The molecule has 1 aliphatic heterocycles. The van der Waals surface area contributed by atoms with Gasteiger partial charge in [0.05, 0.1) is 27.4 Å². The van der Waals surface area contributed by atoms with Gasteiger partial charge in [-0.25, -0.2) is 17.8 Å². The molecule has 1 saturated heterocycles. The first-order chi connectivity index (χ1) is 18.6. The summed E-state index contributed by atoms with van der Waals surface area (Å²) in [7, 11) is -3.72. The van der Waals surface area contributed by atoms with Gasteiger partial charge in [-0.3, -0.25) is 14.9 Å². The van der Waals surface area contributed by atoms with Gasteiger partial charge in [0, 0.05) is 18.7 Å². The van der Waals surface area contributed by atoms with Gasteiger partial charge >= 0.3 is 5.88 Å². The number of anilines is 1. The summed E-state index contributed by atoms with van der Waals surface area (Å²) in [6.45, 7) is 2.89. The van der Waals surface area contributed by atoms with Crippen LogP contribution in [0.4, 0.5) is 15.4 Å². The first kappa shape index (κ1) is 26.6. The maximum absolute atomic E-state index is 13.7. The zero-order chi connectivity index (χ0) is 27.7. The number of sulfonamides is 1. The van der Waals surface area contributed by atoms with Crippen LogP contribution in [0.2, 0.25) is 0 Å². The molecule has 0 bridgehead atoms. The molecule has 1 aliphatic rings. The number of nitro groups is 1. The molecule has 1 fully saturated rings. The highest BCUT2D eigenvalue weighted by Gasteiger charge is 2.29. The summed E-state index contributed by atoms with van der Waals surface area (Å²) in [5.74, 6) is -1.34. The highest BCUT2D eigenvalue weighted by molar-refractivity contribution is 7.89. The number of amides is 1. The van der Waals surface area contributed by atoms with Crippen LogP contribution >= 0.6 is 11.3 Å². The molecule has 2 aromatic carbocycles. The number of aromatic nitrogens is 1. The summed E-state index contributed by atoms with van der Waals surface area (Å²) in [5, 5.41) is 16.1. The number of furan rings is 1. The number of nitrogens with zero attached hydrogens (tertiary/aromatic N) is 5. The minimum absolute atomic E-state index is 0.0175. The van der Waals surface area contributed by atoms with E-state index in [4.69, 9.17) is 4.42 Å². The van der Waals surface area contributed by atoms with E-state index in [1.807, 2.05) is 6.92 Å². The predicted molar refractivity (Wildman–Crippen MR) is 143 cm³/mol. The minimum atomic E-state index is -3.72. The molecule has 5 rings (SSSR count). The van der Waals surface area contributed by atoms with Gasteiger partial charge in [0.25, 0.3) is 5.91 Å². The summed E-state index contributed by atoms with van der Waals surface area (Å²) in [5.41, 5.74) is 0.559. The number of carbonyl (C=O) groups excluding carboxylic acids is 1. The fraction of sp³-hybridized carbons (Fsp3) is 0.240. The second-order valence-corrected chi connectivity index (χ2v) is 12.0. The number of halogens is 1. The zero-order valence-electron chi connectivity index (χ0n) is 20.6. The number of rotatable bonds is 7. The van der Waals surface area contributed by atoms with Gasteiger partial charge in [-0.2, -0.15) is 14.4 Å². The van der Waals surface area contributed by atoms with Gasteiger partial charge < -0.3 is 4.42 Å². The zero-order valence-corrected chi connectivity index (χ0v) is 22.2. The Kier molecular flexibility index (Phi) is 7.25. The Bertz CT molecular complexity index is 1680. The first-order valence-electron chi connectivity index (χ1n) is 11.9. The van der Waals surface area contributed by atoms with E-state index < -0.39 is 32.6 Å². The van der Waals surface area contributed by atoms with Crippen molar-refractivity contribution in [2.75, 3.05) is 18.1 Å². The van der Waals surface area contributed by atoms with E-state index in [0.29, 0.717) is 23.3 Å². The number of fused-ring (bicyclic) bond motifs is 1. The van der Waals surface area contributed by atoms with Crippen LogP contribution in [0.3, 0.4) is 0 Å². The van der Waals surface area contributed by atoms with Crippen LogP contribution in [0.15, 0.2) is 69.0 Å². The maximum Gasteiger partial charge on any atom is 0.433 e. The van der Waals surface area contributed by atoms with Crippen molar-refractivity contribution in [2.24, 2.45) is 11.0 Å². The lowest BCUT2D eigenvalue weighted by Crippen LogP contribution is -2.39. The third-order valence-corrected chi connectivity index (χ3v) is 9.04. The van der Waals surface area contributed by atoms with E-state index in [1.165, 1.54) is 52.8 Å². The van der Waals surface area contributed by atoms with E-state index in [1.54, 1.807) is 0 Å². The van der Waals surface area contributed by atoms with Crippen molar-refractivity contribution < 1.29 is 26.9 Å². The van der Waals surface area contributed by atoms with E-state index in [2.05, 4.69) is 10.1 Å². The van der Waals surface area contributed by atoms with Gasteiger partial charge in [0.2, 0.25) is 15.2 Å². The van der Waals surface area contributed by atoms with Crippen LogP contribution in [-0.2, 0) is 10.0 Å². The summed E-state index contributed by atoms with van der Waals surface area (Å²) in [4.78, 5) is 28.2. The minimum Gasteiger partial charge on any atom is -0.400 e. The van der Waals surface area contributed by atoms with Crippen LogP contribution in [0.25, 0.3) is 10.2 Å². The first-order valence-corrected chi connectivity index (χ1v) is 14.2. The van der Waals surface area contributed by atoms with Crippen LogP contribution in [0, 0.1) is 21.8 Å². The monoisotopic (exact) mass is 571 g/mol. The van der Waals surface area contributed by atoms with Crippen molar-refractivity contribution in [2.45, 2.75) is 24.7 Å². The molecule has 4 aromatic rings. The maximum atomic E-state index is 13.7. The third kappa shape index (κ3) is 5.57. The lowest BCUT2D eigenvalue weighted by Gasteiger charge is -2.30.